The molecule has 0 radical (unpaired) electrons. The van der Waals surface area contributed by atoms with Gasteiger partial charge in [0.1, 0.15) is 23.5 Å². The number of hydrogen-bond acceptors (Lipinski definition) is 5. The van der Waals surface area contributed by atoms with Crippen molar-refractivity contribution in [2.45, 2.75) is 20.3 Å². The smallest absolute Gasteiger partial charge is 0.308 e. The van der Waals surface area contributed by atoms with Crippen LogP contribution in [-0.4, -0.2) is 53.2 Å². The number of ether oxygens (including phenoxy) is 1. The summed E-state index contributed by atoms with van der Waals surface area (Å²) in [6, 6.07) is 3.31. The average molecular weight is 396 g/mol. The molecule has 2 rings (SSSR count). The molecule has 1 unspecified atom stereocenters. The summed E-state index contributed by atoms with van der Waals surface area (Å²) in [6.45, 7) is 4.46. The summed E-state index contributed by atoms with van der Waals surface area (Å²) in [5.41, 5.74) is -0.630. The second kappa shape index (κ2) is 9.93. The molecule has 0 aliphatic rings. The van der Waals surface area contributed by atoms with Gasteiger partial charge in [0, 0.05) is 26.3 Å². The molecule has 1 aromatic carbocycles. The van der Waals surface area contributed by atoms with Gasteiger partial charge in [-0.25, -0.2) is 13.8 Å². The number of rotatable bonds is 10. The van der Waals surface area contributed by atoms with E-state index in [1.54, 1.807) is 0 Å². The van der Waals surface area contributed by atoms with Crippen molar-refractivity contribution in [1.29, 1.82) is 0 Å². The van der Waals surface area contributed by atoms with Crippen molar-refractivity contribution in [2.75, 3.05) is 26.3 Å². The maximum absolute atomic E-state index is 13.9. The fourth-order valence-corrected chi connectivity index (χ4v) is 2.54. The minimum Gasteiger partial charge on any atom is -0.481 e. The second-order valence-electron chi connectivity index (χ2n) is 6.18. The lowest BCUT2D eigenvalue weighted by Crippen LogP contribution is -2.38. The van der Waals surface area contributed by atoms with Crippen molar-refractivity contribution in [3.05, 3.63) is 41.8 Å². The van der Waals surface area contributed by atoms with E-state index in [1.165, 1.54) is 17.9 Å². The van der Waals surface area contributed by atoms with Gasteiger partial charge in [-0.05, 0) is 25.5 Å². The molecule has 0 bridgehead atoms. The summed E-state index contributed by atoms with van der Waals surface area (Å²) >= 11 is 0. The van der Waals surface area contributed by atoms with Gasteiger partial charge in [-0.15, -0.1) is 0 Å². The van der Waals surface area contributed by atoms with Crippen molar-refractivity contribution >= 4 is 11.9 Å². The Morgan fingerprint density at radius 2 is 2.00 bits per heavy atom. The molecule has 0 fully saturated rings. The van der Waals surface area contributed by atoms with Crippen LogP contribution in [0.25, 0.3) is 11.5 Å². The van der Waals surface area contributed by atoms with Gasteiger partial charge in [-0.2, -0.15) is 0 Å². The number of carbonyl (C=O) groups excluding carboxylic acids is 1. The zero-order chi connectivity index (χ0) is 20.7. The van der Waals surface area contributed by atoms with Crippen molar-refractivity contribution in [1.82, 2.24) is 9.88 Å². The highest BCUT2D eigenvalue weighted by molar-refractivity contribution is 5.92. The van der Waals surface area contributed by atoms with E-state index in [-0.39, 0.29) is 24.7 Å². The van der Waals surface area contributed by atoms with E-state index in [0.29, 0.717) is 19.6 Å². The molecule has 1 aromatic heterocycles. The predicted molar refractivity (Wildman–Crippen MR) is 95.7 cm³/mol. The number of benzene rings is 1. The number of hydrogen-bond donors (Lipinski definition) is 1. The van der Waals surface area contributed by atoms with Crippen LogP contribution in [-0.2, 0) is 9.53 Å². The Morgan fingerprint density at radius 3 is 2.61 bits per heavy atom. The zero-order valence-electron chi connectivity index (χ0n) is 15.7. The normalized spacial score (nSPS) is 12.0. The van der Waals surface area contributed by atoms with Gasteiger partial charge in [0.25, 0.3) is 5.91 Å². The second-order valence-corrected chi connectivity index (χ2v) is 6.18. The maximum Gasteiger partial charge on any atom is 0.308 e. The van der Waals surface area contributed by atoms with Gasteiger partial charge in [0.2, 0.25) is 5.89 Å². The van der Waals surface area contributed by atoms with E-state index >= 15 is 0 Å². The van der Waals surface area contributed by atoms with Gasteiger partial charge in [-0.1, -0.05) is 13.0 Å². The number of oxazole rings is 1. The Hall–Kier alpha value is -2.81. The van der Waals surface area contributed by atoms with E-state index < -0.39 is 35.0 Å². The number of carboxylic acids is 1. The van der Waals surface area contributed by atoms with E-state index in [2.05, 4.69) is 4.98 Å². The van der Waals surface area contributed by atoms with Crippen molar-refractivity contribution in [3.8, 4) is 11.5 Å². The van der Waals surface area contributed by atoms with E-state index in [0.717, 1.165) is 18.4 Å². The molecule has 1 amide bonds. The molecule has 1 N–H and O–H groups in total. The highest BCUT2D eigenvalue weighted by Crippen LogP contribution is 2.25. The number of carbonyl (C=O) groups is 2. The molecule has 7 nitrogen and oxygen atoms in total. The van der Waals surface area contributed by atoms with Crippen LogP contribution in [0.4, 0.5) is 8.78 Å². The van der Waals surface area contributed by atoms with Crippen LogP contribution in [0.15, 0.2) is 28.9 Å². The monoisotopic (exact) mass is 396 g/mol. The van der Waals surface area contributed by atoms with Gasteiger partial charge < -0.3 is 19.2 Å². The average Bonchev–Trinajstić information content (AvgIpc) is 3.13. The fraction of sp³-hybridized carbons (Fsp3) is 0.421. The van der Waals surface area contributed by atoms with Gasteiger partial charge in [0.15, 0.2) is 5.69 Å². The van der Waals surface area contributed by atoms with Crippen LogP contribution < -0.4 is 0 Å². The number of nitrogens with zero attached hydrogens (tertiary/aromatic N) is 2. The van der Waals surface area contributed by atoms with Crippen LogP contribution in [0.2, 0.25) is 0 Å². The largest absolute Gasteiger partial charge is 0.481 e. The molecule has 9 heteroatoms. The highest BCUT2D eigenvalue weighted by Gasteiger charge is 2.25. The molecular formula is C19H22F2N2O5. The molecule has 1 heterocycles. The van der Waals surface area contributed by atoms with E-state index in [9.17, 15) is 18.4 Å². The lowest BCUT2D eigenvalue weighted by molar-refractivity contribution is -0.141. The lowest BCUT2D eigenvalue weighted by atomic mass is 10.1. The summed E-state index contributed by atoms with van der Waals surface area (Å²) < 4.78 is 38.1. The SMILES string of the molecule is CCOCCCN(CC(C)C(=O)O)C(=O)c1coc(-c2c(F)cccc2F)n1. The number of carboxylic acid groups (broad SMARTS) is 1. The molecule has 28 heavy (non-hydrogen) atoms. The Balaban J connectivity index is 2.21. The number of aliphatic carboxylic acids is 1. The third-order valence-electron chi connectivity index (χ3n) is 4.02. The Bertz CT molecular complexity index is 804. The minimum atomic E-state index is -1.04. The zero-order valence-corrected chi connectivity index (χ0v) is 15.7. The first-order valence-corrected chi connectivity index (χ1v) is 8.84. The lowest BCUT2D eigenvalue weighted by Gasteiger charge is -2.23. The summed E-state index contributed by atoms with van der Waals surface area (Å²) in [7, 11) is 0. The summed E-state index contributed by atoms with van der Waals surface area (Å²) in [5.74, 6) is -4.53. The van der Waals surface area contributed by atoms with Crippen LogP contribution in [0.3, 0.4) is 0 Å². The highest BCUT2D eigenvalue weighted by atomic mass is 19.1. The van der Waals surface area contributed by atoms with Crippen LogP contribution in [0.1, 0.15) is 30.8 Å². The minimum absolute atomic E-state index is 0.0451. The summed E-state index contributed by atoms with van der Waals surface area (Å²) in [6.07, 6.45) is 1.50. The van der Waals surface area contributed by atoms with Gasteiger partial charge in [-0.3, -0.25) is 9.59 Å². The topological polar surface area (TPSA) is 92.9 Å². The van der Waals surface area contributed by atoms with E-state index in [1.807, 2.05) is 6.92 Å². The first kappa shape index (κ1) is 21.5. The standard InChI is InChI=1S/C19H22F2N2O5/c1-3-27-9-5-8-23(10-12(2)19(25)26)18(24)15-11-28-17(22-15)16-13(20)6-4-7-14(16)21/h4,6-7,11-12H,3,5,8-10H2,1-2H3,(H,25,26). The molecule has 0 aliphatic carbocycles. The maximum atomic E-state index is 13.9. The molecule has 2 aromatic rings. The molecule has 0 saturated heterocycles. The van der Waals surface area contributed by atoms with Crippen LogP contribution in [0.5, 0.6) is 0 Å². The number of halogens is 2. The molecule has 152 valence electrons. The molecule has 0 saturated carbocycles. The number of aromatic nitrogens is 1. The van der Waals surface area contributed by atoms with Crippen LogP contribution in [0, 0.1) is 17.6 Å². The molecule has 1 atom stereocenters. The van der Waals surface area contributed by atoms with E-state index in [4.69, 9.17) is 14.3 Å². The van der Waals surface area contributed by atoms with Gasteiger partial charge >= 0.3 is 5.97 Å². The number of amides is 1. The fourth-order valence-electron chi connectivity index (χ4n) is 2.54. The van der Waals surface area contributed by atoms with Crippen molar-refractivity contribution in [2.24, 2.45) is 5.92 Å². The molecular weight excluding hydrogens is 374 g/mol. The third-order valence-corrected chi connectivity index (χ3v) is 4.02. The van der Waals surface area contributed by atoms with Crippen LogP contribution >= 0.6 is 0 Å². The molecule has 0 aliphatic heterocycles. The van der Waals surface area contributed by atoms with Crippen molar-refractivity contribution < 1.29 is 32.6 Å². The van der Waals surface area contributed by atoms with Crippen molar-refractivity contribution in [3.63, 3.8) is 0 Å². The van der Waals surface area contributed by atoms with Gasteiger partial charge in [0.05, 0.1) is 5.92 Å². The first-order chi connectivity index (χ1) is 13.3. The quantitative estimate of drug-likeness (QED) is 0.620. The Morgan fingerprint density at radius 1 is 1.32 bits per heavy atom. The Labute approximate surface area is 160 Å². The summed E-state index contributed by atoms with van der Waals surface area (Å²) in [5, 5.41) is 9.13. The third kappa shape index (κ3) is 5.35. The summed E-state index contributed by atoms with van der Waals surface area (Å²) in [4.78, 5) is 29.1. The Kier molecular flexibility index (Phi) is 7.62. The first-order valence-electron chi connectivity index (χ1n) is 8.84. The predicted octanol–water partition coefficient (Wildman–Crippen LogP) is 3.21. The molecule has 0 spiro atoms.